The highest BCUT2D eigenvalue weighted by molar-refractivity contribution is 7.89. The van der Waals surface area contributed by atoms with Crippen LogP contribution < -0.4 is 16.0 Å². The van der Waals surface area contributed by atoms with Crippen molar-refractivity contribution in [2.75, 3.05) is 6.26 Å². The second kappa shape index (κ2) is 12.3. The fraction of sp³-hybridized carbons (Fsp3) is 0.600. The number of hydrogen-bond donors (Lipinski definition) is 3. The Kier molecular flexibility index (Phi) is 9.47. The molecule has 0 aliphatic heterocycles. The van der Waals surface area contributed by atoms with E-state index >= 15 is 0 Å². The van der Waals surface area contributed by atoms with Crippen molar-refractivity contribution in [3.63, 3.8) is 0 Å². The number of nitrogens with zero attached hydrogens (tertiary/aromatic N) is 2. The number of aromatic nitrogens is 1. The molecule has 0 radical (unpaired) electrons. The van der Waals surface area contributed by atoms with Crippen LogP contribution in [0.1, 0.15) is 76.4 Å². The number of rotatable bonds is 10. The molecule has 10 nitrogen and oxygen atoms in total. The minimum Gasteiger partial charge on any atom is -0.434 e. The van der Waals surface area contributed by atoms with Gasteiger partial charge in [-0.15, -0.1) is 4.40 Å². The molecule has 11 heteroatoms. The number of ketones is 1. The minimum atomic E-state index is -3.71. The van der Waals surface area contributed by atoms with E-state index in [0.29, 0.717) is 29.9 Å². The lowest BCUT2D eigenvalue weighted by Gasteiger charge is -2.29. The van der Waals surface area contributed by atoms with Crippen molar-refractivity contribution in [2.45, 2.75) is 83.8 Å². The molecule has 1 fully saturated rings. The molecule has 1 aromatic heterocycles. The highest BCUT2D eigenvalue weighted by Crippen LogP contribution is 2.27. The third-order valence-corrected chi connectivity index (χ3v) is 6.66. The standard InChI is InChI=1S/C25H37N5O5S/c1-5-18(22(31)24-28-19-13-9-10-14-21(19)35-24)27-23(32)20(15-17-11-7-6-8-12-17)29-25(26-16(2)3)30-36(4,33)34/h9-10,13-14,16-18,20H,5-8,11-12,15H2,1-4H3,(H,27,32)(H2,26,29,30)/t18?,20-/m0/s1. The normalized spacial score (nSPS) is 17.1. The van der Waals surface area contributed by atoms with Crippen LogP contribution in [0.3, 0.4) is 0 Å². The smallest absolute Gasteiger partial charge is 0.266 e. The summed E-state index contributed by atoms with van der Waals surface area (Å²) in [4.78, 5) is 30.9. The van der Waals surface area contributed by atoms with Gasteiger partial charge in [0, 0.05) is 6.04 Å². The van der Waals surface area contributed by atoms with E-state index in [1.165, 1.54) is 6.42 Å². The zero-order valence-electron chi connectivity index (χ0n) is 21.4. The number of amides is 1. The highest BCUT2D eigenvalue weighted by atomic mass is 32.2. The lowest BCUT2D eigenvalue weighted by Crippen LogP contribution is -2.55. The fourth-order valence-electron chi connectivity index (χ4n) is 4.44. The monoisotopic (exact) mass is 519 g/mol. The molecule has 3 N–H and O–H groups in total. The summed E-state index contributed by atoms with van der Waals surface area (Å²) >= 11 is 0. The Morgan fingerprint density at radius 3 is 2.39 bits per heavy atom. The molecule has 1 amide bonds. The number of para-hydroxylation sites is 2. The molecule has 2 atom stereocenters. The first kappa shape index (κ1) is 27.6. The predicted octanol–water partition coefficient (Wildman–Crippen LogP) is 3.15. The zero-order chi connectivity index (χ0) is 26.3. The molecule has 1 aliphatic carbocycles. The molecule has 0 saturated heterocycles. The molecule has 3 rings (SSSR count). The van der Waals surface area contributed by atoms with Gasteiger partial charge in [-0.2, -0.15) is 0 Å². The number of nitrogens with one attached hydrogen (secondary N) is 3. The maximum absolute atomic E-state index is 13.5. The number of oxazole rings is 1. The van der Waals surface area contributed by atoms with Gasteiger partial charge < -0.3 is 20.4 Å². The zero-order valence-corrected chi connectivity index (χ0v) is 22.2. The van der Waals surface area contributed by atoms with Gasteiger partial charge in [0.1, 0.15) is 11.6 Å². The average molecular weight is 520 g/mol. The average Bonchev–Trinajstić information content (AvgIpc) is 3.25. The van der Waals surface area contributed by atoms with Gasteiger partial charge in [0.05, 0.1) is 12.3 Å². The van der Waals surface area contributed by atoms with Crippen molar-refractivity contribution in [1.82, 2.24) is 20.9 Å². The van der Waals surface area contributed by atoms with Crippen molar-refractivity contribution in [2.24, 2.45) is 10.3 Å². The van der Waals surface area contributed by atoms with Crippen LogP contribution in [0.25, 0.3) is 11.1 Å². The fourth-order valence-corrected chi connectivity index (χ4v) is 4.88. The van der Waals surface area contributed by atoms with E-state index in [1.807, 2.05) is 13.8 Å². The third-order valence-electron chi connectivity index (χ3n) is 6.15. The van der Waals surface area contributed by atoms with Crippen LogP contribution >= 0.6 is 0 Å². The van der Waals surface area contributed by atoms with E-state index in [-0.39, 0.29) is 17.9 Å². The van der Waals surface area contributed by atoms with Gasteiger partial charge in [0.25, 0.3) is 15.9 Å². The van der Waals surface area contributed by atoms with Crippen molar-refractivity contribution < 1.29 is 22.4 Å². The Labute approximate surface area is 212 Å². The summed E-state index contributed by atoms with van der Waals surface area (Å²) in [5, 5.41) is 8.83. The SMILES string of the molecule is CCC(NC(=O)[C@H](CC1CCCCC1)N/C(=N/S(C)(=O)=O)NC(C)C)C(=O)c1nc2ccccc2o1. The molecule has 1 aliphatic rings. The summed E-state index contributed by atoms with van der Waals surface area (Å²) in [7, 11) is -3.71. The van der Waals surface area contributed by atoms with Crippen LogP contribution in [-0.4, -0.2) is 55.4 Å². The van der Waals surface area contributed by atoms with Gasteiger partial charge in [-0.1, -0.05) is 51.2 Å². The van der Waals surface area contributed by atoms with Crippen molar-refractivity contribution in [3.8, 4) is 0 Å². The van der Waals surface area contributed by atoms with Crippen LogP contribution in [0.5, 0.6) is 0 Å². The lowest BCUT2D eigenvalue weighted by atomic mass is 9.84. The van der Waals surface area contributed by atoms with Gasteiger partial charge in [-0.05, 0) is 44.7 Å². The Morgan fingerprint density at radius 1 is 1.08 bits per heavy atom. The molecular formula is C25H37N5O5S. The molecule has 1 aromatic carbocycles. The molecule has 36 heavy (non-hydrogen) atoms. The second-order valence-electron chi connectivity index (χ2n) is 9.73. The summed E-state index contributed by atoms with van der Waals surface area (Å²) < 4.78 is 33.1. The van der Waals surface area contributed by atoms with Gasteiger partial charge in [0.15, 0.2) is 5.58 Å². The number of guanidine groups is 1. The summed E-state index contributed by atoms with van der Waals surface area (Å²) in [6.45, 7) is 5.50. The van der Waals surface area contributed by atoms with Gasteiger partial charge in [-0.25, -0.2) is 13.4 Å². The summed E-state index contributed by atoms with van der Waals surface area (Å²) in [5.41, 5.74) is 1.07. The quantitative estimate of drug-likeness (QED) is 0.247. The van der Waals surface area contributed by atoms with Gasteiger partial charge in [-0.3, -0.25) is 9.59 Å². The first-order valence-corrected chi connectivity index (χ1v) is 14.4. The number of carbonyl (C=O) groups is 2. The van der Waals surface area contributed by atoms with E-state index in [2.05, 4.69) is 25.3 Å². The van der Waals surface area contributed by atoms with Crippen LogP contribution in [0, 0.1) is 5.92 Å². The van der Waals surface area contributed by atoms with Crippen molar-refractivity contribution >= 4 is 38.8 Å². The predicted molar refractivity (Wildman–Crippen MR) is 139 cm³/mol. The number of benzene rings is 1. The van der Waals surface area contributed by atoms with Gasteiger partial charge in [0.2, 0.25) is 17.6 Å². The van der Waals surface area contributed by atoms with E-state index < -0.39 is 33.8 Å². The van der Waals surface area contributed by atoms with E-state index in [4.69, 9.17) is 4.42 Å². The molecule has 1 heterocycles. The molecule has 0 bridgehead atoms. The van der Waals surface area contributed by atoms with Crippen molar-refractivity contribution in [1.29, 1.82) is 0 Å². The van der Waals surface area contributed by atoms with Crippen LogP contribution in [-0.2, 0) is 14.8 Å². The Bertz CT molecular complexity index is 1150. The minimum absolute atomic E-state index is 0.0155. The second-order valence-corrected chi connectivity index (χ2v) is 11.4. The van der Waals surface area contributed by atoms with E-state index in [9.17, 15) is 18.0 Å². The number of hydrogen-bond acceptors (Lipinski definition) is 6. The summed E-state index contributed by atoms with van der Waals surface area (Å²) in [6.07, 6.45) is 7.21. The number of carbonyl (C=O) groups excluding carboxylic acids is 2. The third kappa shape index (κ3) is 8.04. The summed E-state index contributed by atoms with van der Waals surface area (Å²) in [5.74, 6) is -0.538. The van der Waals surface area contributed by atoms with Crippen LogP contribution in [0.15, 0.2) is 33.1 Å². The van der Waals surface area contributed by atoms with Gasteiger partial charge >= 0.3 is 0 Å². The number of sulfonamides is 1. The molecular weight excluding hydrogens is 482 g/mol. The molecule has 2 aromatic rings. The summed E-state index contributed by atoms with van der Waals surface area (Å²) in [6, 6.07) is 5.36. The van der Waals surface area contributed by atoms with Crippen molar-refractivity contribution in [3.05, 3.63) is 30.2 Å². The van der Waals surface area contributed by atoms with E-state index in [1.54, 1.807) is 31.2 Å². The van der Waals surface area contributed by atoms with E-state index in [0.717, 1.165) is 31.9 Å². The number of Topliss-reactive ketones (excluding diaryl/α,β-unsaturated/α-hetero) is 1. The topological polar surface area (TPSA) is 143 Å². The maximum Gasteiger partial charge on any atom is 0.266 e. The first-order valence-electron chi connectivity index (χ1n) is 12.6. The van der Waals surface area contributed by atoms with Crippen LogP contribution in [0.2, 0.25) is 0 Å². The first-order chi connectivity index (χ1) is 17.1. The number of fused-ring (bicyclic) bond motifs is 1. The van der Waals surface area contributed by atoms with Crippen LogP contribution in [0.4, 0.5) is 0 Å². The maximum atomic E-state index is 13.5. The molecule has 198 valence electrons. The largest absolute Gasteiger partial charge is 0.434 e. The Morgan fingerprint density at radius 2 is 1.78 bits per heavy atom. The molecule has 1 unspecified atom stereocenters. The highest BCUT2D eigenvalue weighted by Gasteiger charge is 2.31. The Balaban J connectivity index is 1.81. The molecule has 1 saturated carbocycles. The molecule has 0 spiro atoms. The Hall–Kier alpha value is -2.95. The lowest BCUT2D eigenvalue weighted by molar-refractivity contribution is -0.123.